The summed E-state index contributed by atoms with van der Waals surface area (Å²) < 4.78 is 5.35. The monoisotopic (exact) mass is 234 g/mol. The Bertz CT molecular complexity index is 367. The van der Waals surface area contributed by atoms with Gasteiger partial charge < -0.3 is 9.84 Å². The largest absolute Gasteiger partial charge is 0.388 e. The van der Waals surface area contributed by atoms with Crippen molar-refractivity contribution in [2.45, 2.75) is 39.2 Å². The molecule has 1 aromatic carbocycles. The fourth-order valence-electron chi connectivity index (χ4n) is 2.56. The molecule has 1 heterocycles. The van der Waals surface area contributed by atoms with E-state index in [-0.39, 0.29) is 6.10 Å². The van der Waals surface area contributed by atoms with Gasteiger partial charge in [0.15, 0.2) is 0 Å². The Morgan fingerprint density at radius 2 is 2.00 bits per heavy atom. The summed E-state index contributed by atoms with van der Waals surface area (Å²) in [6.45, 7) is 5.90. The number of aryl methyl sites for hydroxylation is 1. The lowest BCUT2D eigenvalue weighted by Gasteiger charge is -2.25. The minimum Gasteiger partial charge on any atom is -0.388 e. The van der Waals surface area contributed by atoms with Crippen molar-refractivity contribution in [3.8, 4) is 0 Å². The van der Waals surface area contributed by atoms with Gasteiger partial charge in [0.1, 0.15) is 0 Å². The molecule has 1 atom stereocenters. The summed E-state index contributed by atoms with van der Waals surface area (Å²) in [6.07, 6.45) is 2.72. The molecule has 1 unspecified atom stereocenters. The van der Waals surface area contributed by atoms with Crippen molar-refractivity contribution in [3.05, 3.63) is 34.9 Å². The van der Waals surface area contributed by atoms with Crippen molar-refractivity contribution in [3.63, 3.8) is 0 Å². The standard InChI is InChI=1S/C15H22O2/c1-11-4-3-5-14(12(11)2)15(16)10-13-6-8-17-9-7-13/h3-5,13,15-16H,6-10H2,1-2H3. The highest BCUT2D eigenvalue weighted by atomic mass is 16.5. The van der Waals surface area contributed by atoms with E-state index in [0.29, 0.717) is 5.92 Å². The fraction of sp³-hybridized carbons (Fsp3) is 0.600. The van der Waals surface area contributed by atoms with Gasteiger partial charge in [0.2, 0.25) is 0 Å². The molecule has 94 valence electrons. The van der Waals surface area contributed by atoms with Gasteiger partial charge in [-0.3, -0.25) is 0 Å². The predicted octanol–water partition coefficient (Wildman–Crippen LogP) is 3.15. The first-order valence-corrected chi connectivity index (χ1v) is 6.50. The van der Waals surface area contributed by atoms with Crippen molar-refractivity contribution in [2.24, 2.45) is 5.92 Å². The molecule has 0 spiro atoms. The maximum atomic E-state index is 10.3. The third-order valence-corrected chi connectivity index (χ3v) is 3.90. The molecule has 0 radical (unpaired) electrons. The number of benzene rings is 1. The molecule has 0 amide bonds. The second kappa shape index (κ2) is 5.65. The van der Waals surface area contributed by atoms with Crippen LogP contribution in [0.4, 0.5) is 0 Å². The fourth-order valence-corrected chi connectivity index (χ4v) is 2.56. The van der Waals surface area contributed by atoms with E-state index in [9.17, 15) is 5.11 Å². The first-order valence-electron chi connectivity index (χ1n) is 6.50. The quantitative estimate of drug-likeness (QED) is 0.870. The van der Waals surface area contributed by atoms with Gasteiger partial charge in [-0.25, -0.2) is 0 Å². The van der Waals surface area contributed by atoms with Gasteiger partial charge in [0.05, 0.1) is 6.10 Å². The molecule has 1 aliphatic rings. The summed E-state index contributed by atoms with van der Waals surface area (Å²) in [5, 5.41) is 10.3. The summed E-state index contributed by atoms with van der Waals surface area (Å²) in [4.78, 5) is 0. The van der Waals surface area contributed by atoms with Crippen LogP contribution < -0.4 is 0 Å². The third-order valence-electron chi connectivity index (χ3n) is 3.90. The SMILES string of the molecule is Cc1cccc(C(O)CC2CCOCC2)c1C. The lowest BCUT2D eigenvalue weighted by molar-refractivity contribution is 0.0434. The smallest absolute Gasteiger partial charge is 0.0795 e. The van der Waals surface area contributed by atoms with E-state index in [4.69, 9.17) is 4.74 Å². The van der Waals surface area contributed by atoms with Crippen molar-refractivity contribution in [2.75, 3.05) is 13.2 Å². The van der Waals surface area contributed by atoms with Crippen molar-refractivity contribution >= 4 is 0 Å². The molecule has 17 heavy (non-hydrogen) atoms. The Labute approximate surface area is 104 Å². The van der Waals surface area contributed by atoms with E-state index < -0.39 is 0 Å². The Kier molecular flexibility index (Phi) is 4.19. The Balaban J connectivity index is 2.03. The van der Waals surface area contributed by atoms with Gasteiger partial charge in [-0.05, 0) is 55.7 Å². The Morgan fingerprint density at radius 3 is 2.71 bits per heavy atom. The molecule has 1 N–H and O–H groups in total. The van der Waals surface area contributed by atoms with Gasteiger partial charge >= 0.3 is 0 Å². The highest BCUT2D eigenvalue weighted by Crippen LogP contribution is 2.29. The second-order valence-electron chi connectivity index (χ2n) is 5.10. The van der Waals surface area contributed by atoms with E-state index in [1.807, 2.05) is 12.1 Å². The van der Waals surface area contributed by atoms with Crippen LogP contribution in [-0.2, 0) is 4.74 Å². The zero-order valence-electron chi connectivity index (χ0n) is 10.8. The number of rotatable bonds is 3. The highest BCUT2D eigenvalue weighted by Gasteiger charge is 2.20. The minimum absolute atomic E-state index is 0.321. The summed E-state index contributed by atoms with van der Waals surface area (Å²) >= 11 is 0. The molecule has 0 aromatic heterocycles. The second-order valence-corrected chi connectivity index (χ2v) is 5.10. The van der Waals surface area contributed by atoms with E-state index in [2.05, 4.69) is 19.9 Å². The van der Waals surface area contributed by atoms with Crippen LogP contribution >= 0.6 is 0 Å². The summed E-state index contributed by atoms with van der Waals surface area (Å²) in [7, 11) is 0. The Morgan fingerprint density at radius 1 is 1.29 bits per heavy atom. The number of aliphatic hydroxyl groups excluding tert-OH is 1. The van der Waals surface area contributed by atoms with Crippen LogP contribution in [0.25, 0.3) is 0 Å². The molecule has 0 aliphatic carbocycles. The molecule has 0 saturated carbocycles. The molecular weight excluding hydrogens is 212 g/mol. The number of ether oxygens (including phenoxy) is 1. The van der Waals surface area contributed by atoms with Gasteiger partial charge in [-0.15, -0.1) is 0 Å². The summed E-state index contributed by atoms with van der Waals surface area (Å²) in [6, 6.07) is 6.18. The van der Waals surface area contributed by atoms with Gasteiger partial charge in [-0.2, -0.15) is 0 Å². The zero-order chi connectivity index (χ0) is 12.3. The minimum atomic E-state index is -0.321. The molecule has 2 heteroatoms. The zero-order valence-corrected chi connectivity index (χ0v) is 10.8. The van der Waals surface area contributed by atoms with Crippen LogP contribution in [0.15, 0.2) is 18.2 Å². The molecule has 2 nitrogen and oxygen atoms in total. The molecule has 1 aromatic rings. The first-order chi connectivity index (χ1) is 8.18. The lowest BCUT2D eigenvalue weighted by Crippen LogP contribution is -2.18. The van der Waals surface area contributed by atoms with Crippen LogP contribution in [0.2, 0.25) is 0 Å². The third kappa shape index (κ3) is 3.08. The van der Waals surface area contributed by atoms with E-state index in [0.717, 1.165) is 38.0 Å². The average Bonchev–Trinajstić information content (AvgIpc) is 2.34. The Hall–Kier alpha value is -0.860. The van der Waals surface area contributed by atoms with E-state index in [1.165, 1.54) is 11.1 Å². The number of aliphatic hydroxyl groups is 1. The van der Waals surface area contributed by atoms with Crippen LogP contribution in [0.1, 0.15) is 42.1 Å². The van der Waals surface area contributed by atoms with Crippen molar-refractivity contribution in [1.82, 2.24) is 0 Å². The number of hydrogen-bond acceptors (Lipinski definition) is 2. The maximum absolute atomic E-state index is 10.3. The lowest BCUT2D eigenvalue weighted by atomic mass is 9.89. The number of hydrogen-bond donors (Lipinski definition) is 1. The van der Waals surface area contributed by atoms with Crippen molar-refractivity contribution < 1.29 is 9.84 Å². The van der Waals surface area contributed by atoms with Gasteiger partial charge in [0.25, 0.3) is 0 Å². The topological polar surface area (TPSA) is 29.5 Å². The molecular formula is C15H22O2. The van der Waals surface area contributed by atoms with Crippen LogP contribution in [-0.4, -0.2) is 18.3 Å². The van der Waals surface area contributed by atoms with E-state index in [1.54, 1.807) is 0 Å². The average molecular weight is 234 g/mol. The molecule has 1 saturated heterocycles. The van der Waals surface area contributed by atoms with E-state index >= 15 is 0 Å². The first kappa shape index (κ1) is 12.6. The van der Waals surface area contributed by atoms with Gasteiger partial charge in [0, 0.05) is 13.2 Å². The van der Waals surface area contributed by atoms with Crippen LogP contribution in [0, 0.1) is 19.8 Å². The predicted molar refractivity (Wildman–Crippen MR) is 69.0 cm³/mol. The molecule has 1 fully saturated rings. The van der Waals surface area contributed by atoms with Crippen LogP contribution in [0.3, 0.4) is 0 Å². The van der Waals surface area contributed by atoms with Crippen LogP contribution in [0.5, 0.6) is 0 Å². The summed E-state index contributed by atoms with van der Waals surface area (Å²) in [5.41, 5.74) is 3.58. The van der Waals surface area contributed by atoms with Gasteiger partial charge in [-0.1, -0.05) is 18.2 Å². The maximum Gasteiger partial charge on any atom is 0.0795 e. The molecule has 2 rings (SSSR count). The molecule has 0 bridgehead atoms. The van der Waals surface area contributed by atoms with Crippen molar-refractivity contribution in [1.29, 1.82) is 0 Å². The highest BCUT2D eigenvalue weighted by molar-refractivity contribution is 5.34. The molecule has 1 aliphatic heterocycles. The summed E-state index contributed by atoms with van der Waals surface area (Å²) in [5.74, 6) is 0.610. The normalized spacial score (nSPS) is 19.2.